The number of aliphatic hydroxyl groups excluding tert-OH is 1. The Bertz CT molecular complexity index is 401. The molecule has 0 heterocycles. The number of hydrogen-bond acceptors (Lipinski definition) is 2. The maximum Gasteiger partial charge on any atom is 0.0639 e. The van der Waals surface area contributed by atoms with E-state index in [0.717, 1.165) is 13.1 Å². The maximum absolute atomic E-state index is 9.80. The molecule has 1 aliphatic carbocycles. The standard InChI is InChI=1S/C18H29NO/c1-14-9-15(2)11-17(10-14)13-19(12-16(3)20)18-7-5-4-6-8-18/h9-11,16,18,20H,4-8,12-13H2,1-3H3. The van der Waals surface area contributed by atoms with Crippen molar-refractivity contribution in [1.82, 2.24) is 4.90 Å². The second-order valence-corrected chi connectivity index (χ2v) is 6.57. The van der Waals surface area contributed by atoms with E-state index in [1.54, 1.807) is 0 Å². The van der Waals surface area contributed by atoms with Gasteiger partial charge >= 0.3 is 0 Å². The number of aryl methyl sites for hydroxylation is 2. The van der Waals surface area contributed by atoms with Crippen LogP contribution in [0.4, 0.5) is 0 Å². The van der Waals surface area contributed by atoms with E-state index < -0.39 is 0 Å². The van der Waals surface area contributed by atoms with Crippen LogP contribution in [-0.2, 0) is 6.54 Å². The Labute approximate surface area is 123 Å². The number of nitrogens with zero attached hydrogens (tertiary/aromatic N) is 1. The van der Waals surface area contributed by atoms with Gasteiger partial charge in [-0.2, -0.15) is 0 Å². The van der Waals surface area contributed by atoms with Crippen LogP contribution in [-0.4, -0.2) is 28.7 Å². The first-order valence-corrected chi connectivity index (χ1v) is 8.04. The fourth-order valence-electron chi connectivity index (χ4n) is 3.52. The molecule has 1 saturated carbocycles. The average molecular weight is 275 g/mol. The third-order valence-corrected chi connectivity index (χ3v) is 4.26. The van der Waals surface area contributed by atoms with E-state index >= 15 is 0 Å². The van der Waals surface area contributed by atoms with Gasteiger partial charge in [0.15, 0.2) is 0 Å². The summed E-state index contributed by atoms with van der Waals surface area (Å²) < 4.78 is 0. The average Bonchev–Trinajstić information content (AvgIpc) is 2.37. The van der Waals surface area contributed by atoms with Crippen molar-refractivity contribution < 1.29 is 5.11 Å². The minimum absolute atomic E-state index is 0.247. The minimum Gasteiger partial charge on any atom is -0.392 e. The Morgan fingerprint density at radius 3 is 2.25 bits per heavy atom. The molecule has 2 rings (SSSR count). The molecule has 20 heavy (non-hydrogen) atoms. The molecular formula is C18H29NO. The normalized spacial score (nSPS) is 18.4. The third-order valence-electron chi connectivity index (χ3n) is 4.26. The van der Waals surface area contributed by atoms with Crippen LogP contribution in [0.25, 0.3) is 0 Å². The van der Waals surface area contributed by atoms with Crippen molar-refractivity contribution in [3.05, 3.63) is 34.9 Å². The number of rotatable bonds is 5. The lowest BCUT2D eigenvalue weighted by Gasteiger charge is -2.35. The molecule has 112 valence electrons. The second kappa shape index (κ2) is 7.24. The zero-order valence-electron chi connectivity index (χ0n) is 13.2. The molecular weight excluding hydrogens is 246 g/mol. The molecule has 0 amide bonds. The van der Waals surface area contributed by atoms with E-state index in [2.05, 4.69) is 36.9 Å². The summed E-state index contributed by atoms with van der Waals surface area (Å²) in [6, 6.07) is 7.44. The highest BCUT2D eigenvalue weighted by Gasteiger charge is 2.22. The SMILES string of the molecule is Cc1cc(C)cc(CN(CC(C)O)C2CCCCC2)c1. The van der Waals surface area contributed by atoms with Crippen molar-refractivity contribution >= 4 is 0 Å². The molecule has 0 aromatic heterocycles. The molecule has 1 aromatic carbocycles. The minimum atomic E-state index is -0.247. The third kappa shape index (κ3) is 4.60. The maximum atomic E-state index is 9.80. The molecule has 1 aliphatic rings. The monoisotopic (exact) mass is 275 g/mol. The summed E-state index contributed by atoms with van der Waals surface area (Å²) in [7, 11) is 0. The van der Waals surface area contributed by atoms with Gasteiger partial charge in [-0.05, 0) is 39.2 Å². The highest BCUT2D eigenvalue weighted by molar-refractivity contribution is 5.28. The van der Waals surface area contributed by atoms with E-state index in [1.165, 1.54) is 48.8 Å². The molecule has 1 atom stereocenters. The van der Waals surface area contributed by atoms with Gasteiger partial charge in [0.05, 0.1) is 6.10 Å². The number of hydrogen-bond donors (Lipinski definition) is 1. The molecule has 1 unspecified atom stereocenters. The van der Waals surface area contributed by atoms with Gasteiger partial charge < -0.3 is 5.11 Å². The summed E-state index contributed by atoms with van der Waals surface area (Å²) in [5, 5.41) is 9.80. The Kier molecular flexibility index (Phi) is 5.62. The first kappa shape index (κ1) is 15.5. The van der Waals surface area contributed by atoms with Crippen molar-refractivity contribution in [2.24, 2.45) is 0 Å². The molecule has 1 fully saturated rings. The Morgan fingerprint density at radius 1 is 1.10 bits per heavy atom. The zero-order valence-corrected chi connectivity index (χ0v) is 13.2. The Hall–Kier alpha value is -0.860. The summed E-state index contributed by atoms with van der Waals surface area (Å²) in [6.07, 6.45) is 6.39. The fourth-order valence-corrected chi connectivity index (χ4v) is 3.52. The summed E-state index contributed by atoms with van der Waals surface area (Å²) in [5.41, 5.74) is 4.05. The van der Waals surface area contributed by atoms with Crippen molar-refractivity contribution in [3.63, 3.8) is 0 Å². The van der Waals surface area contributed by atoms with Gasteiger partial charge in [-0.1, -0.05) is 48.6 Å². The lowest BCUT2D eigenvalue weighted by atomic mass is 9.93. The molecule has 0 aliphatic heterocycles. The van der Waals surface area contributed by atoms with Crippen LogP contribution in [0.5, 0.6) is 0 Å². The topological polar surface area (TPSA) is 23.5 Å². The van der Waals surface area contributed by atoms with Crippen LogP contribution >= 0.6 is 0 Å². The van der Waals surface area contributed by atoms with E-state index in [-0.39, 0.29) is 6.10 Å². The van der Waals surface area contributed by atoms with E-state index in [0.29, 0.717) is 6.04 Å². The molecule has 0 saturated heterocycles. The molecule has 2 nitrogen and oxygen atoms in total. The second-order valence-electron chi connectivity index (χ2n) is 6.57. The van der Waals surface area contributed by atoms with Crippen LogP contribution < -0.4 is 0 Å². The van der Waals surface area contributed by atoms with E-state index in [1.807, 2.05) is 6.92 Å². The van der Waals surface area contributed by atoms with Gasteiger partial charge in [0.2, 0.25) is 0 Å². The predicted molar refractivity (Wildman–Crippen MR) is 84.9 cm³/mol. The quantitative estimate of drug-likeness (QED) is 0.883. The van der Waals surface area contributed by atoms with Gasteiger partial charge in [-0.3, -0.25) is 4.90 Å². The van der Waals surface area contributed by atoms with Crippen molar-refractivity contribution in [2.45, 2.75) is 71.6 Å². The van der Waals surface area contributed by atoms with E-state index in [4.69, 9.17) is 0 Å². The van der Waals surface area contributed by atoms with Gasteiger partial charge in [-0.15, -0.1) is 0 Å². The van der Waals surface area contributed by atoms with Gasteiger partial charge in [0, 0.05) is 19.1 Å². The largest absolute Gasteiger partial charge is 0.392 e. The summed E-state index contributed by atoms with van der Waals surface area (Å²) in [4.78, 5) is 2.50. The number of benzene rings is 1. The van der Waals surface area contributed by atoms with Crippen molar-refractivity contribution in [2.75, 3.05) is 6.54 Å². The molecule has 0 bridgehead atoms. The zero-order chi connectivity index (χ0) is 14.5. The Morgan fingerprint density at radius 2 is 1.70 bits per heavy atom. The van der Waals surface area contributed by atoms with Crippen LogP contribution in [0.3, 0.4) is 0 Å². The van der Waals surface area contributed by atoms with Gasteiger partial charge in [0.1, 0.15) is 0 Å². The smallest absolute Gasteiger partial charge is 0.0639 e. The van der Waals surface area contributed by atoms with Crippen LogP contribution in [0.2, 0.25) is 0 Å². The van der Waals surface area contributed by atoms with E-state index in [9.17, 15) is 5.11 Å². The molecule has 1 N–H and O–H groups in total. The lowest BCUT2D eigenvalue weighted by molar-refractivity contribution is 0.0769. The first-order valence-electron chi connectivity index (χ1n) is 8.04. The van der Waals surface area contributed by atoms with Gasteiger partial charge in [-0.25, -0.2) is 0 Å². The number of aliphatic hydroxyl groups is 1. The van der Waals surface area contributed by atoms with Crippen molar-refractivity contribution in [3.8, 4) is 0 Å². The summed E-state index contributed by atoms with van der Waals surface area (Å²) in [5.74, 6) is 0. The van der Waals surface area contributed by atoms with Crippen molar-refractivity contribution in [1.29, 1.82) is 0 Å². The summed E-state index contributed by atoms with van der Waals surface area (Å²) >= 11 is 0. The van der Waals surface area contributed by atoms with Crippen LogP contribution in [0.15, 0.2) is 18.2 Å². The highest BCUT2D eigenvalue weighted by Crippen LogP contribution is 2.24. The molecule has 2 heteroatoms. The molecule has 0 spiro atoms. The fraction of sp³-hybridized carbons (Fsp3) is 0.667. The van der Waals surface area contributed by atoms with Crippen LogP contribution in [0.1, 0.15) is 55.7 Å². The molecule has 1 aromatic rings. The highest BCUT2D eigenvalue weighted by atomic mass is 16.3. The van der Waals surface area contributed by atoms with Gasteiger partial charge in [0.25, 0.3) is 0 Å². The Balaban J connectivity index is 2.09. The molecule has 0 radical (unpaired) electrons. The van der Waals surface area contributed by atoms with Crippen LogP contribution in [0, 0.1) is 13.8 Å². The summed E-state index contributed by atoms with van der Waals surface area (Å²) in [6.45, 7) is 7.99. The predicted octanol–water partition coefficient (Wildman–Crippen LogP) is 3.82. The first-order chi connectivity index (χ1) is 9.54. The lowest BCUT2D eigenvalue weighted by Crippen LogP contribution is -2.40.